The number of esters is 1. The SMILES string of the molecule is Cc1cc(C(=O)OC(C)C(=O)Nc2ccccc2)cc(S(=O)(=O)N2CCC(C)CC2)c1C. The maximum atomic E-state index is 13.3. The van der Waals surface area contributed by atoms with Crippen LogP contribution in [0.2, 0.25) is 0 Å². The third-order valence-electron chi connectivity index (χ3n) is 5.91. The van der Waals surface area contributed by atoms with Crippen molar-refractivity contribution in [2.75, 3.05) is 18.4 Å². The number of aryl methyl sites for hydroxylation is 1. The quantitative estimate of drug-likeness (QED) is 0.663. The zero-order chi connectivity index (χ0) is 23.5. The van der Waals surface area contributed by atoms with Crippen LogP contribution < -0.4 is 5.32 Å². The van der Waals surface area contributed by atoms with Crippen molar-refractivity contribution in [2.45, 2.75) is 51.5 Å². The van der Waals surface area contributed by atoms with Gasteiger partial charge in [-0.05, 0) is 74.9 Å². The van der Waals surface area contributed by atoms with Gasteiger partial charge in [0.25, 0.3) is 5.91 Å². The number of sulfonamides is 1. The summed E-state index contributed by atoms with van der Waals surface area (Å²) in [7, 11) is -3.73. The second kappa shape index (κ2) is 9.83. The first kappa shape index (κ1) is 23.9. The molecule has 0 spiro atoms. The summed E-state index contributed by atoms with van der Waals surface area (Å²) in [4.78, 5) is 25.2. The standard InChI is InChI=1S/C24H30N2O5S/c1-16-10-12-26(13-11-16)32(29,30)22-15-20(14-17(2)18(22)3)24(28)31-19(4)23(27)25-21-8-6-5-7-9-21/h5-9,14-16,19H,10-13H2,1-4H3,(H,25,27). The van der Waals surface area contributed by atoms with E-state index in [0.717, 1.165) is 12.8 Å². The van der Waals surface area contributed by atoms with Crippen LogP contribution in [0.5, 0.6) is 0 Å². The number of hydrogen-bond donors (Lipinski definition) is 1. The maximum Gasteiger partial charge on any atom is 0.338 e. The molecule has 0 aliphatic carbocycles. The van der Waals surface area contributed by atoms with Crippen LogP contribution in [-0.4, -0.2) is 43.8 Å². The molecule has 2 aromatic carbocycles. The van der Waals surface area contributed by atoms with Gasteiger partial charge in [-0.2, -0.15) is 4.31 Å². The summed E-state index contributed by atoms with van der Waals surface area (Å²) >= 11 is 0. The molecule has 1 N–H and O–H groups in total. The van der Waals surface area contributed by atoms with Crippen LogP contribution in [0, 0.1) is 19.8 Å². The highest BCUT2D eigenvalue weighted by Gasteiger charge is 2.31. The monoisotopic (exact) mass is 458 g/mol. The molecule has 1 fully saturated rings. The number of carbonyl (C=O) groups excluding carboxylic acids is 2. The Morgan fingerprint density at radius 3 is 2.34 bits per heavy atom. The number of nitrogens with zero attached hydrogens (tertiary/aromatic N) is 1. The summed E-state index contributed by atoms with van der Waals surface area (Å²) in [5, 5.41) is 2.68. The van der Waals surface area contributed by atoms with Gasteiger partial charge in [0.2, 0.25) is 10.0 Å². The zero-order valence-electron chi connectivity index (χ0n) is 18.9. The second-order valence-electron chi connectivity index (χ2n) is 8.41. The van der Waals surface area contributed by atoms with Crippen molar-refractivity contribution in [1.29, 1.82) is 0 Å². The van der Waals surface area contributed by atoms with E-state index in [0.29, 0.717) is 35.8 Å². The summed E-state index contributed by atoms with van der Waals surface area (Å²) in [5.74, 6) is -0.717. The molecule has 2 aromatic rings. The Morgan fingerprint density at radius 2 is 1.72 bits per heavy atom. The fourth-order valence-corrected chi connectivity index (χ4v) is 5.42. The third-order valence-corrected chi connectivity index (χ3v) is 7.94. The molecule has 3 rings (SSSR count). The lowest BCUT2D eigenvalue weighted by molar-refractivity contribution is -0.123. The van der Waals surface area contributed by atoms with E-state index in [1.54, 1.807) is 44.2 Å². The Hall–Kier alpha value is -2.71. The molecule has 0 bridgehead atoms. The molecule has 32 heavy (non-hydrogen) atoms. The van der Waals surface area contributed by atoms with Gasteiger partial charge < -0.3 is 10.1 Å². The molecule has 0 radical (unpaired) electrons. The summed E-state index contributed by atoms with van der Waals surface area (Å²) < 4.78 is 33.4. The van der Waals surface area contributed by atoms with Crippen LogP contribution >= 0.6 is 0 Å². The first-order chi connectivity index (χ1) is 15.1. The predicted molar refractivity (Wildman–Crippen MR) is 123 cm³/mol. The van der Waals surface area contributed by atoms with E-state index in [1.807, 2.05) is 6.07 Å². The number of carbonyl (C=O) groups is 2. The molecule has 172 valence electrons. The van der Waals surface area contributed by atoms with Crippen LogP contribution in [0.25, 0.3) is 0 Å². The van der Waals surface area contributed by atoms with Crippen LogP contribution in [0.4, 0.5) is 5.69 Å². The Balaban J connectivity index is 1.78. The molecule has 8 heteroatoms. The fourth-order valence-electron chi connectivity index (χ4n) is 3.62. The number of nitrogens with one attached hydrogen (secondary N) is 1. The lowest BCUT2D eigenvalue weighted by Gasteiger charge is -2.30. The molecule has 1 saturated heterocycles. The van der Waals surface area contributed by atoms with E-state index < -0.39 is 28.0 Å². The highest BCUT2D eigenvalue weighted by atomic mass is 32.2. The van der Waals surface area contributed by atoms with Crippen molar-refractivity contribution in [1.82, 2.24) is 4.31 Å². The molecular formula is C24H30N2O5S. The normalized spacial score (nSPS) is 16.4. The number of hydrogen-bond acceptors (Lipinski definition) is 5. The average Bonchev–Trinajstić information content (AvgIpc) is 2.76. The molecule has 1 aliphatic rings. The number of para-hydroxylation sites is 1. The molecule has 0 aromatic heterocycles. The van der Waals surface area contributed by atoms with Crippen molar-refractivity contribution >= 4 is 27.6 Å². The van der Waals surface area contributed by atoms with Gasteiger partial charge in [-0.1, -0.05) is 25.1 Å². The van der Waals surface area contributed by atoms with Crippen LogP contribution in [0.15, 0.2) is 47.4 Å². The average molecular weight is 459 g/mol. The molecule has 0 saturated carbocycles. The van der Waals surface area contributed by atoms with Crippen LogP contribution in [-0.2, 0) is 19.6 Å². The Morgan fingerprint density at radius 1 is 1.09 bits per heavy atom. The van der Waals surface area contributed by atoms with Gasteiger partial charge in [-0.15, -0.1) is 0 Å². The van der Waals surface area contributed by atoms with Crippen molar-refractivity contribution in [3.8, 4) is 0 Å². The smallest absolute Gasteiger partial charge is 0.338 e. The van der Waals surface area contributed by atoms with E-state index in [9.17, 15) is 18.0 Å². The highest BCUT2D eigenvalue weighted by Crippen LogP contribution is 2.28. The first-order valence-electron chi connectivity index (χ1n) is 10.8. The lowest BCUT2D eigenvalue weighted by atomic mass is 10.0. The van der Waals surface area contributed by atoms with Crippen molar-refractivity contribution in [3.63, 3.8) is 0 Å². The topological polar surface area (TPSA) is 92.8 Å². The van der Waals surface area contributed by atoms with Crippen LogP contribution in [0.3, 0.4) is 0 Å². The van der Waals surface area contributed by atoms with Gasteiger partial charge in [0, 0.05) is 18.8 Å². The van der Waals surface area contributed by atoms with E-state index in [1.165, 1.54) is 17.3 Å². The number of benzene rings is 2. The Labute approximate surface area is 189 Å². The Bertz CT molecular complexity index is 1090. The van der Waals surface area contributed by atoms with Gasteiger partial charge in [-0.3, -0.25) is 4.79 Å². The third kappa shape index (κ3) is 5.37. The van der Waals surface area contributed by atoms with E-state index >= 15 is 0 Å². The molecular weight excluding hydrogens is 428 g/mol. The van der Waals surface area contributed by atoms with Crippen LogP contribution in [0.1, 0.15) is 48.2 Å². The van der Waals surface area contributed by atoms with Crippen molar-refractivity contribution in [3.05, 3.63) is 59.2 Å². The minimum atomic E-state index is -3.73. The van der Waals surface area contributed by atoms with Gasteiger partial charge in [0.05, 0.1) is 10.5 Å². The first-order valence-corrected chi connectivity index (χ1v) is 12.2. The number of rotatable bonds is 6. The molecule has 7 nitrogen and oxygen atoms in total. The van der Waals surface area contributed by atoms with Crippen molar-refractivity contribution in [2.24, 2.45) is 5.92 Å². The second-order valence-corrected chi connectivity index (χ2v) is 10.3. The van der Waals surface area contributed by atoms with Gasteiger partial charge in [0.15, 0.2) is 6.10 Å². The number of amides is 1. The molecule has 1 aliphatic heterocycles. The number of ether oxygens (including phenoxy) is 1. The lowest BCUT2D eigenvalue weighted by Crippen LogP contribution is -2.38. The van der Waals surface area contributed by atoms with E-state index in [2.05, 4.69) is 12.2 Å². The summed E-state index contributed by atoms with van der Waals surface area (Å²) in [6, 6.07) is 11.8. The minimum Gasteiger partial charge on any atom is -0.449 e. The zero-order valence-corrected chi connectivity index (χ0v) is 19.7. The van der Waals surface area contributed by atoms with Gasteiger partial charge in [0.1, 0.15) is 0 Å². The van der Waals surface area contributed by atoms with Gasteiger partial charge >= 0.3 is 5.97 Å². The number of piperidine rings is 1. The Kier molecular flexibility index (Phi) is 7.36. The fraction of sp³-hybridized carbons (Fsp3) is 0.417. The summed E-state index contributed by atoms with van der Waals surface area (Å²) in [5.41, 5.74) is 1.98. The molecule has 1 heterocycles. The molecule has 1 amide bonds. The number of anilines is 1. The van der Waals surface area contributed by atoms with Crippen molar-refractivity contribution < 1.29 is 22.7 Å². The summed E-state index contributed by atoms with van der Waals surface area (Å²) in [6.07, 6.45) is 0.577. The maximum absolute atomic E-state index is 13.3. The largest absolute Gasteiger partial charge is 0.449 e. The summed E-state index contributed by atoms with van der Waals surface area (Å²) in [6.45, 7) is 8.02. The molecule has 1 unspecified atom stereocenters. The van der Waals surface area contributed by atoms with E-state index in [4.69, 9.17) is 4.74 Å². The van der Waals surface area contributed by atoms with Gasteiger partial charge in [-0.25, -0.2) is 13.2 Å². The highest BCUT2D eigenvalue weighted by molar-refractivity contribution is 7.89. The van der Waals surface area contributed by atoms with E-state index in [-0.39, 0.29) is 10.5 Å². The molecule has 1 atom stereocenters. The predicted octanol–water partition coefficient (Wildman–Crippen LogP) is 3.91. The minimum absolute atomic E-state index is 0.108.